The zero-order valence-electron chi connectivity index (χ0n) is 18.1. The van der Waals surface area contributed by atoms with Crippen LogP contribution in [0, 0.1) is 12.8 Å². The Hall–Kier alpha value is -1.80. The Morgan fingerprint density at radius 2 is 1.81 bits per heavy atom. The smallest absolute Gasteiger partial charge is 0.244 e. The Bertz CT molecular complexity index is 1140. The maximum atomic E-state index is 13.5. The van der Waals surface area contributed by atoms with Crippen LogP contribution in [0.15, 0.2) is 35.2 Å². The molecule has 0 unspecified atom stereocenters. The van der Waals surface area contributed by atoms with Crippen LogP contribution >= 0.6 is 23.2 Å². The molecule has 172 valence electrons. The van der Waals surface area contributed by atoms with Gasteiger partial charge in [-0.1, -0.05) is 29.3 Å². The van der Waals surface area contributed by atoms with Crippen LogP contribution in [0.1, 0.15) is 30.4 Å². The first-order valence-electron chi connectivity index (χ1n) is 10.7. The second-order valence-corrected chi connectivity index (χ2v) is 11.0. The van der Waals surface area contributed by atoms with E-state index >= 15 is 0 Å². The number of sulfonamides is 1. The summed E-state index contributed by atoms with van der Waals surface area (Å²) in [6, 6.07) is 8.34. The van der Waals surface area contributed by atoms with Crippen LogP contribution in [0.3, 0.4) is 0 Å². The second-order valence-electron chi connectivity index (χ2n) is 8.26. The van der Waals surface area contributed by atoms with Gasteiger partial charge in [0.2, 0.25) is 15.9 Å². The van der Waals surface area contributed by atoms with Crippen molar-refractivity contribution in [3.63, 3.8) is 0 Å². The van der Waals surface area contributed by atoms with Crippen molar-refractivity contribution in [1.82, 2.24) is 4.31 Å². The number of anilines is 1. The molecular formula is C23H26Cl2N2O4S. The standard InChI is InChI=1S/C23H26Cl2N2O4S/c1-15-5-8-20(31-2)22-18(15)4-3-11-27(22)23(28)16-9-12-26(13-10-16)32(29,30)21-14-17(24)6-7-19(21)25/h5-8,14,16H,3-4,9-13H2,1-2H3. The van der Waals surface area contributed by atoms with Crippen molar-refractivity contribution >= 4 is 44.8 Å². The van der Waals surface area contributed by atoms with Crippen molar-refractivity contribution in [2.24, 2.45) is 5.92 Å². The van der Waals surface area contributed by atoms with Gasteiger partial charge in [0, 0.05) is 30.6 Å². The van der Waals surface area contributed by atoms with Crippen molar-refractivity contribution in [2.75, 3.05) is 31.6 Å². The minimum Gasteiger partial charge on any atom is -0.495 e. The molecule has 2 aromatic carbocycles. The minimum atomic E-state index is -3.78. The predicted molar refractivity (Wildman–Crippen MR) is 126 cm³/mol. The Morgan fingerprint density at radius 3 is 2.50 bits per heavy atom. The number of carbonyl (C=O) groups is 1. The Balaban J connectivity index is 1.52. The first-order valence-corrected chi connectivity index (χ1v) is 12.9. The second kappa shape index (κ2) is 9.21. The van der Waals surface area contributed by atoms with E-state index in [2.05, 4.69) is 6.92 Å². The monoisotopic (exact) mass is 496 g/mol. The van der Waals surface area contributed by atoms with E-state index in [1.54, 1.807) is 13.2 Å². The summed E-state index contributed by atoms with van der Waals surface area (Å²) >= 11 is 12.1. The number of rotatable bonds is 4. The highest BCUT2D eigenvalue weighted by Crippen LogP contribution is 2.40. The maximum Gasteiger partial charge on any atom is 0.244 e. The van der Waals surface area contributed by atoms with Crippen LogP contribution in [-0.4, -0.2) is 45.4 Å². The van der Waals surface area contributed by atoms with E-state index in [0.717, 1.165) is 29.7 Å². The van der Waals surface area contributed by atoms with Crippen molar-refractivity contribution < 1.29 is 17.9 Å². The molecule has 9 heteroatoms. The Kier molecular flexibility index (Phi) is 6.73. The van der Waals surface area contributed by atoms with Crippen molar-refractivity contribution in [1.29, 1.82) is 0 Å². The van der Waals surface area contributed by atoms with Crippen molar-refractivity contribution in [3.05, 3.63) is 51.5 Å². The molecule has 4 rings (SSSR count). The van der Waals surface area contributed by atoms with E-state index in [4.69, 9.17) is 27.9 Å². The molecule has 0 aliphatic carbocycles. The molecule has 0 spiro atoms. The maximum absolute atomic E-state index is 13.5. The number of nitrogens with zero attached hydrogens (tertiary/aromatic N) is 2. The summed E-state index contributed by atoms with van der Waals surface area (Å²) in [5, 5.41) is 0.450. The summed E-state index contributed by atoms with van der Waals surface area (Å²) < 4.78 is 33.1. The number of hydrogen-bond acceptors (Lipinski definition) is 4. The molecule has 0 bridgehead atoms. The lowest BCUT2D eigenvalue weighted by Crippen LogP contribution is -2.46. The van der Waals surface area contributed by atoms with Gasteiger partial charge in [-0.2, -0.15) is 4.31 Å². The van der Waals surface area contributed by atoms with Gasteiger partial charge in [0.15, 0.2) is 0 Å². The van der Waals surface area contributed by atoms with Gasteiger partial charge in [-0.05, 0) is 68.0 Å². The van der Waals surface area contributed by atoms with Gasteiger partial charge in [-0.15, -0.1) is 0 Å². The molecule has 2 heterocycles. The van der Waals surface area contributed by atoms with E-state index in [1.807, 2.05) is 17.0 Å². The Labute approximate surface area is 199 Å². The molecule has 0 radical (unpaired) electrons. The molecule has 0 saturated carbocycles. The molecular weight excluding hydrogens is 471 g/mol. The summed E-state index contributed by atoms with van der Waals surface area (Å²) in [4.78, 5) is 15.3. The molecule has 1 saturated heterocycles. The Morgan fingerprint density at radius 1 is 1.09 bits per heavy atom. The largest absolute Gasteiger partial charge is 0.495 e. The van der Waals surface area contributed by atoms with E-state index < -0.39 is 10.0 Å². The highest BCUT2D eigenvalue weighted by Gasteiger charge is 2.37. The number of amides is 1. The van der Waals surface area contributed by atoms with Gasteiger partial charge in [-0.25, -0.2) is 8.42 Å². The number of halogens is 2. The summed E-state index contributed by atoms with van der Waals surface area (Å²) in [7, 11) is -2.16. The summed E-state index contributed by atoms with van der Waals surface area (Å²) in [5.74, 6) is 0.495. The minimum absolute atomic E-state index is 0.00149. The number of carbonyl (C=O) groups excluding carboxylic acids is 1. The molecule has 2 aliphatic rings. The van der Waals surface area contributed by atoms with Crippen LogP contribution in [0.2, 0.25) is 10.0 Å². The van der Waals surface area contributed by atoms with Gasteiger partial charge in [0.1, 0.15) is 10.6 Å². The fraction of sp³-hybridized carbons (Fsp3) is 0.435. The zero-order chi connectivity index (χ0) is 23.0. The molecule has 0 N–H and O–H groups in total. The molecule has 1 fully saturated rings. The van der Waals surface area contributed by atoms with E-state index in [9.17, 15) is 13.2 Å². The quantitative estimate of drug-likeness (QED) is 0.615. The molecule has 2 aliphatic heterocycles. The number of fused-ring (bicyclic) bond motifs is 1. The van der Waals surface area contributed by atoms with Crippen LogP contribution in [0.5, 0.6) is 5.75 Å². The highest BCUT2D eigenvalue weighted by molar-refractivity contribution is 7.89. The predicted octanol–water partition coefficient (Wildman–Crippen LogP) is 4.69. The topological polar surface area (TPSA) is 66.9 Å². The van der Waals surface area contributed by atoms with Crippen molar-refractivity contribution in [3.8, 4) is 5.75 Å². The van der Waals surface area contributed by atoms with Gasteiger partial charge in [0.05, 0.1) is 17.8 Å². The van der Waals surface area contributed by atoms with Crippen LogP contribution in [0.25, 0.3) is 0 Å². The summed E-state index contributed by atoms with van der Waals surface area (Å²) in [6.07, 6.45) is 2.72. The number of hydrogen-bond donors (Lipinski definition) is 0. The van der Waals surface area contributed by atoms with Crippen LogP contribution in [0.4, 0.5) is 5.69 Å². The molecule has 6 nitrogen and oxygen atoms in total. The third-order valence-electron chi connectivity index (χ3n) is 6.36. The van der Waals surface area contributed by atoms with Gasteiger partial charge in [-0.3, -0.25) is 4.79 Å². The van der Waals surface area contributed by atoms with Gasteiger partial charge < -0.3 is 9.64 Å². The molecule has 32 heavy (non-hydrogen) atoms. The fourth-order valence-electron chi connectivity index (χ4n) is 4.62. The average Bonchev–Trinajstić information content (AvgIpc) is 2.80. The molecule has 0 aromatic heterocycles. The SMILES string of the molecule is COc1ccc(C)c2c1N(C(=O)C1CCN(S(=O)(=O)c3cc(Cl)ccc3Cl)CC1)CCC2. The third kappa shape index (κ3) is 4.23. The lowest BCUT2D eigenvalue weighted by molar-refractivity contribution is -0.123. The first-order chi connectivity index (χ1) is 15.2. The van der Waals surface area contributed by atoms with Gasteiger partial charge in [0.25, 0.3) is 0 Å². The average molecular weight is 497 g/mol. The number of aryl methyl sites for hydroxylation is 1. The number of piperidine rings is 1. The molecule has 0 atom stereocenters. The summed E-state index contributed by atoms with van der Waals surface area (Å²) in [5.41, 5.74) is 3.17. The summed E-state index contributed by atoms with van der Waals surface area (Å²) in [6.45, 7) is 3.21. The van der Waals surface area contributed by atoms with E-state index in [1.165, 1.54) is 16.4 Å². The van der Waals surface area contributed by atoms with E-state index in [-0.39, 0.29) is 34.8 Å². The van der Waals surface area contributed by atoms with Crippen molar-refractivity contribution in [2.45, 2.75) is 37.5 Å². The number of benzene rings is 2. The molecule has 2 aromatic rings. The lowest BCUT2D eigenvalue weighted by Gasteiger charge is -2.37. The van der Waals surface area contributed by atoms with Crippen LogP contribution in [-0.2, 0) is 21.2 Å². The number of methoxy groups -OCH3 is 1. The normalized spacial score (nSPS) is 17.8. The van der Waals surface area contributed by atoms with E-state index in [0.29, 0.717) is 30.2 Å². The van der Waals surface area contributed by atoms with Gasteiger partial charge >= 0.3 is 0 Å². The highest BCUT2D eigenvalue weighted by atomic mass is 35.5. The molecule has 1 amide bonds. The fourth-order valence-corrected chi connectivity index (χ4v) is 6.82. The first kappa shape index (κ1) is 23.4. The number of ether oxygens (including phenoxy) is 1. The lowest BCUT2D eigenvalue weighted by atomic mass is 9.92. The van der Waals surface area contributed by atoms with Crippen LogP contribution < -0.4 is 9.64 Å². The third-order valence-corrected chi connectivity index (χ3v) is 8.97. The zero-order valence-corrected chi connectivity index (χ0v) is 20.4.